The van der Waals surface area contributed by atoms with E-state index >= 15 is 0 Å². The van der Waals surface area contributed by atoms with Gasteiger partial charge in [0.1, 0.15) is 5.54 Å². The summed E-state index contributed by atoms with van der Waals surface area (Å²) in [7, 11) is 0. The van der Waals surface area contributed by atoms with Crippen molar-refractivity contribution in [3.05, 3.63) is 0 Å². The fourth-order valence-corrected chi connectivity index (χ4v) is 2.18. The van der Waals surface area contributed by atoms with Gasteiger partial charge in [-0.25, -0.2) is 0 Å². The minimum atomic E-state index is -0.658. The summed E-state index contributed by atoms with van der Waals surface area (Å²) in [5.74, 6) is -0.194. The van der Waals surface area contributed by atoms with Crippen molar-refractivity contribution >= 4 is 5.97 Å². The lowest BCUT2D eigenvalue weighted by Crippen LogP contribution is -2.52. The van der Waals surface area contributed by atoms with E-state index in [1.54, 1.807) is 0 Å². The van der Waals surface area contributed by atoms with E-state index in [0.717, 1.165) is 19.6 Å². The summed E-state index contributed by atoms with van der Waals surface area (Å²) in [5.41, 5.74) is -0.658. The average Bonchev–Trinajstić information content (AvgIpc) is 2.35. The molecule has 0 aliphatic rings. The van der Waals surface area contributed by atoms with Crippen molar-refractivity contribution in [2.45, 2.75) is 71.9 Å². The minimum absolute atomic E-state index is 0.0466. The van der Waals surface area contributed by atoms with Crippen molar-refractivity contribution in [3.63, 3.8) is 0 Å². The molecule has 0 aromatic carbocycles. The predicted molar refractivity (Wildman–Crippen MR) is 78.3 cm³/mol. The number of unbranched alkanes of at least 4 members (excludes halogenated alkanes) is 2. The van der Waals surface area contributed by atoms with Gasteiger partial charge in [-0.2, -0.15) is 0 Å². The van der Waals surface area contributed by atoms with E-state index in [4.69, 9.17) is 9.47 Å². The summed E-state index contributed by atoms with van der Waals surface area (Å²) < 4.78 is 10.9. The lowest BCUT2D eigenvalue weighted by atomic mass is 9.94. The molecule has 2 atom stereocenters. The monoisotopic (exact) mass is 273 g/mol. The Kier molecular flexibility index (Phi) is 9.88. The third kappa shape index (κ3) is 7.53. The molecule has 0 spiro atoms. The highest BCUT2D eigenvalue weighted by Gasteiger charge is 2.35. The van der Waals surface area contributed by atoms with Crippen molar-refractivity contribution in [2.24, 2.45) is 0 Å². The molecule has 4 heteroatoms. The Labute approximate surface area is 118 Å². The van der Waals surface area contributed by atoms with Crippen molar-refractivity contribution in [2.75, 3.05) is 19.8 Å². The zero-order chi connectivity index (χ0) is 14.7. The van der Waals surface area contributed by atoms with Gasteiger partial charge in [0.25, 0.3) is 0 Å². The Balaban J connectivity index is 4.27. The Morgan fingerprint density at radius 2 is 1.95 bits per heavy atom. The van der Waals surface area contributed by atoms with Crippen molar-refractivity contribution in [1.29, 1.82) is 0 Å². The first-order valence-corrected chi connectivity index (χ1v) is 7.54. The Hall–Kier alpha value is -0.610. The van der Waals surface area contributed by atoms with Gasteiger partial charge in [-0.1, -0.05) is 26.7 Å². The zero-order valence-corrected chi connectivity index (χ0v) is 13.3. The molecule has 0 amide bonds. The summed E-state index contributed by atoms with van der Waals surface area (Å²) in [4.78, 5) is 12.0. The normalized spacial score (nSPS) is 15.8. The molecule has 19 heavy (non-hydrogen) atoms. The second-order valence-electron chi connectivity index (χ2n) is 5.18. The standard InChI is InChI=1S/C15H31NO3/c1-6-9-10-11-19-13(4)12-15(5,16-7-2)14(17)18-8-3/h13,16H,6-12H2,1-5H3. The number of carbonyl (C=O) groups excluding carboxylic acids is 1. The first-order chi connectivity index (χ1) is 9.00. The number of rotatable bonds is 11. The second-order valence-corrected chi connectivity index (χ2v) is 5.18. The average molecular weight is 273 g/mol. The maximum absolute atomic E-state index is 12.0. The van der Waals surface area contributed by atoms with Gasteiger partial charge in [-0.15, -0.1) is 0 Å². The summed E-state index contributed by atoms with van der Waals surface area (Å²) >= 11 is 0. The number of ether oxygens (including phenoxy) is 2. The number of esters is 1. The molecule has 0 saturated heterocycles. The molecule has 0 rings (SSSR count). The quantitative estimate of drug-likeness (QED) is 0.464. The third-order valence-corrected chi connectivity index (χ3v) is 3.14. The molecule has 4 nitrogen and oxygen atoms in total. The van der Waals surface area contributed by atoms with Gasteiger partial charge in [0.15, 0.2) is 0 Å². The molecule has 0 saturated carbocycles. The largest absolute Gasteiger partial charge is 0.465 e. The molecule has 0 radical (unpaired) electrons. The summed E-state index contributed by atoms with van der Waals surface area (Å²) in [6, 6.07) is 0. The van der Waals surface area contributed by atoms with Crippen LogP contribution < -0.4 is 5.32 Å². The number of carbonyl (C=O) groups is 1. The van der Waals surface area contributed by atoms with Gasteiger partial charge < -0.3 is 14.8 Å². The highest BCUT2D eigenvalue weighted by atomic mass is 16.5. The molecule has 2 unspecified atom stereocenters. The number of nitrogens with one attached hydrogen (secondary N) is 1. The zero-order valence-electron chi connectivity index (χ0n) is 13.3. The van der Waals surface area contributed by atoms with Crippen LogP contribution in [0.1, 0.15) is 60.3 Å². The van der Waals surface area contributed by atoms with Crippen molar-refractivity contribution in [3.8, 4) is 0 Å². The van der Waals surface area contributed by atoms with Crippen LogP contribution in [-0.4, -0.2) is 37.4 Å². The summed E-state index contributed by atoms with van der Waals surface area (Å²) in [6.45, 7) is 11.8. The molecular formula is C15H31NO3. The Bertz CT molecular complexity index is 246. The highest BCUT2D eigenvalue weighted by Crippen LogP contribution is 2.17. The van der Waals surface area contributed by atoms with E-state index in [1.807, 2.05) is 27.7 Å². The highest BCUT2D eigenvalue weighted by molar-refractivity contribution is 5.80. The van der Waals surface area contributed by atoms with E-state index in [0.29, 0.717) is 13.0 Å². The lowest BCUT2D eigenvalue weighted by Gasteiger charge is -2.30. The van der Waals surface area contributed by atoms with Crippen molar-refractivity contribution in [1.82, 2.24) is 5.32 Å². The van der Waals surface area contributed by atoms with Crippen LogP contribution >= 0.6 is 0 Å². The maximum Gasteiger partial charge on any atom is 0.326 e. The van der Waals surface area contributed by atoms with E-state index < -0.39 is 5.54 Å². The van der Waals surface area contributed by atoms with E-state index in [1.165, 1.54) is 12.8 Å². The van der Waals surface area contributed by atoms with Gasteiger partial charge in [0.2, 0.25) is 0 Å². The van der Waals surface area contributed by atoms with Gasteiger partial charge >= 0.3 is 5.97 Å². The van der Waals surface area contributed by atoms with Gasteiger partial charge in [-0.05, 0) is 33.7 Å². The first kappa shape index (κ1) is 18.4. The van der Waals surface area contributed by atoms with Gasteiger partial charge in [0.05, 0.1) is 12.7 Å². The summed E-state index contributed by atoms with van der Waals surface area (Å²) in [5, 5.41) is 3.22. The smallest absolute Gasteiger partial charge is 0.326 e. The molecule has 0 aliphatic heterocycles. The molecule has 0 heterocycles. The third-order valence-electron chi connectivity index (χ3n) is 3.14. The molecule has 0 aliphatic carbocycles. The van der Waals surface area contributed by atoms with E-state index in [-0.39, 0.29) is 12.1 Å². The molecular weight excluding hydrogens is 242 g/mol. The SMILES string of the molecule is CCCCCOC(C)CC(C)(NCC)C(=O)OCC. The minimum Gasteiger partial charge on any atom is -0.465 e. The molecule has 0 bridgehead atoms. The van der Waals surface area contributed by atoms with Crippen LogP contribution in [0.4, 0.5) is 0 Å². The van der Waals surface area contributed by atoms with Crippen LogP contribution in [0, 0.1) is 0 Å². The van der Waals surface area contributed by atoms with Crippen LogP contribution in [0.15, 0.2) is 0 Å². The summed E-state index contributed by atoms with van der Waals surface area (Å²) in [6.07, 6.45) is 4.14. The number of likely N-dealkylation sites (N-methyl/N-ethyl adjacent to an activating group) is 1. The molecule has 1 N–H and O–H groups in total. The predicted octanol–water partition coefficient (Wildman–Crippen LogP) is 2.90. The maximum atomic E-state index is 12.0. The number of hydrogen-bond acceptors (Lipinski definition) is 4. The molecule has 0 aromatic rings. The molecule has 114 valence electrons. The van der Waals surface area contributed by atoms with Crippen LogP contribution in [-0.2, 0) is 14.3 Å². The van der Waals surface area contributed by atoms with E-state index in [9.17, 15) is 4.79 Å². The molecule has 0 fully saturated rings. The van der Waals surface area contributed by atoms with Gasteiger partial charge in [-0.3, -0.25) is 4.79 Å². The molecule has 0 aromatic heterocycles. The van der Waals surface area contributed by atoms with Crippen LogP contribution in [0.5, 0.6) is 0 Å². The van der Waals surface area contributed by atoms with Gasteiger partial charge in [0, 0.05) is 13.0 Å². The topological polar surface area (TPSA) is 47.6 Å². The van der Waals surface area contributed by atoms with Crippen molar-refractivity contribution < 1.29 is 14.3 Å². The lowest BCUT2D eigenvalue weighted by molar-refractivity contribution is -0.152. The first-order valence-electron chi connectivity index (χ1n) is 7.54. The number of hydrogen-bond donors (Lipinski definition) is 1. The van der Waals surface area contributed by atoms with Crippen LogP contribution in [0.25, 0.3) is 0 Å². The second kappa shape index (κ2) is 10.2. The Morgan fingerprint density at radius 1 is 1.26 bits per heavy atom. The fourth-order valence-electron chi connectivity index (χ4n) is 2.18. The van der Waals surface area contributed by atoms with E-state index in [2.05, 4.69) is 12.2 Å². The van der Waals surface area contributed by atoms with Crippen LogP contribution in [0.2, 0.25) is 0 Å². The Morgan fingerprint density at radius 3 is 2.47 bits per heavy atom. The van der Waals surface area contributed by atoms with Crippen LogP contribution in [0.3, 0.4) is 0 Å². The fraction of sp³-hybridized carbons (Fsp3) is 0.933.